The quantitative estimate of drug-likeness (QED) is 0.819. The van der Waals surface area contributed by atoms with Crippen LogP contribution in [0.15, 0.2) is 40.9 Å². The molecular formula is C21H29N3O2. The lowest BCUT2D eigenvalue weighted by Gasteiger charge is -2.41. The third-order valence-corrected chi connectivity index (χ3v) is 5.33. The fourth-order valence-electron chi connectivity index (χ4n) is 3.77. The molecule has 1 amide bonds. The van der Waals surface area contributed by atoms with Gasteiger partial charge in [0.15, 0.2) is 5.69 Å². The molecule has 26 heavy (non-hydrogen) atoms. The summed E-state index contributed by atoms with van der Waals surface area (Å²) >= 11 is 0. The second-order valence-corrected chi connectivity index (χ2v) is 7.74. The Hall–Kier alpha value is -2.14. The number of aromatic nitrogens is 1. The molecule has 0 radical (unpaired) electrons. The van der Waals surface area contributed by atoms with Crippen LogP contribution < -0.4 is 0 Å². The van der Waals surface area contributed by atoms with E-state index in [1.165, 1.54) is 5.56 Å². The summed E-state index contributed by atoms with van der Waals surface area (Å²) in [6.07, 6.45) is 0.977. The lowest BCUT2D eigenvalue weighted by Crippen LogP contribution is -2.50. The number of hydrogen-bond acceptors (Lipinski definition) is 4. The summed E-state index contributed by atoms with van der Waals surface area (Å²) in [4.78, 5) is 17.1. The van der Waals surface area contributed by atoms with E-state index in [0.29, 0.717) is 11.6 Å². The predicted octanol–water partition coefficient (Wildman–Crippen LogP) is 3.78. The number of carbonyl (C=O) groups excluding carboxylic acids is 1. The van der Waals surface area contributed by atoms with Crippen LogP contribution in [0.25, 0.3) is 0 Å². The van der Waals surface area contributed by atoms with E-state index in [1.807, 2.05) is 31.9 Å². The highest BCUT2D eigenvalue weighted by molar-refractivity contribution is 5.92. The molecule has 0 spiro atoms. The normalized spacial score (nSPS) is 21.1. The summed E-state index contributed by atoms with van der Waals surface area (Å²) in [5.74, 6) is 1.36. The smallest absolute Gasteiger partial charge is 0.276 e. The largest absolute Gasteiger partial charge is 0.360 e. The summed E-state index contributed by atoms with van der Waals surface area (Å²) in [6.45, 7) is 9.25. The third kappa shape index (κ3) is 4.15. The molecule has 140 valence electrons. The first kappa shape index (κ1) is 18.6. The Bertz CT molecular complexity index is 726. The number of hydrogen-bond donors (Lipinski definition) is 0. The van der Waals surface area contributed by atoms with Gasteiger partial charge < -0.3 is 9.42 Å². The van der Waals surface area contributed by atoms with Gasteiger partial charge in [0.1, 0.15) is 5.76 Å². The van der Waals surface area contributed by atoms with Crippen LogP contribution in [0.5, 0.6) is 0 Å². The average Bonchev–Trinajstić information content (AvgIpc) is 3.12. The van der Waals surface area contributed by atoms with Crippen molar-refractivity contribution < 1.29 is 9.32 Å². The molecule has 1 aromatic heterocycles. The van der Waals surface area contributed by atoms with E-state index >= 15 is 0 Å². The highest BCUT2D eigenvalue weighted by Crippen LogP contribution is 2.24. The second-order valence-electron chi connectivity index (χ2n) is 7.74. The van der Waals surface area contributed by atoms with Crippen LogP contribution in [-0.4, -0.2) is 47.0 Å². The van der Waals surface area contributed by atoms with Gasteiger partial charge in [-0.15, -0.1) is 0 Å². The number of rotatable bonds is 5. The van der Waals surface area contributed by atoms with Gasteiger partial charge in [-0.3, -0.25) is 9.69 Å². The van der Waals surface area contributed by atoms with E-state index in [4.69, 9.17) is 4.52 Å². The van der Waals surface area contributed by atoms with E-state index in [9.17, 15) is 4.79 Å². The highest BCUT2D eigenvalue weighted by atomic mass is 16.5. The van der Waals surface area contributed by atoms with Crippen molar-refractivity contribution in [1.82, 2.24) is 15.0 Å². The predicted molar refractivity (Wildman–Crippen MR) is 102 cm³/mol. The Morgan fingerprint density at radius 1 is 1.35 bits per heavy atom. The fraction of sp³-hybridized carbons (Fsp3) is 0.524. The van der Waals surface area contributed by atoms with Crippen molar-refractivity contribution in [3.63, 3.8) is 0 Å². The molecule has 0 N–H and O–H groups in total. The molecule has 0 saturated carbocycles. The van der Waals surface area contributed by atoms with Crippen LogP contribution in [0.4, 0.5) is 0 Å². The molecule has 1 saturated heterocycles. The van der Waals surface area contributed by atoms with E-state index in [0.717, 1.165) is 31.8 Å². The van der Waals surface area contributed by atoms with Crippen LogP contribution in [-0.2, 0) is 6.54 Å². The van der Waals surface area contributed by atoms with Gasteiger partial charge in [-0.1, -0.05) is 56.3 Å². The van der Waals surface area contributed by atoms with Crippen molar-refractivity contribution in [2.24, 2.45) is 5.92 Å². The van der Waals surface area contributed by atoms with Crippen LogP contribution >= 0.6 is 0 Å². The molecule has 2 atom stereocenters. The topological polar surface area (TPSA) is 49.6 Å². The molecule has 2 heterocycles. The van der Waals surface area contributed by atoms with Crippen LogP contribution in [0, 0.1) is 5.92 Å². The van der Waals surface area contributed by atoms with Gasteiger partial charge in [-0.25, -0.2) is 0 Å². The minimum atomic E-state index is -0.0472. The lowest BCUT2D eigenvalue weighted by atomic mass is 9.92. The average molecular weight is 355 g/mol. The van der Waals surface area contributed by atoms with Crippen molar-refractivity contribution in [3.05, 3.63) is 53.4 Å². The first-order valence-corrected chi connectivity index (χ1v) is 9.45. The molecule has 5 heteroatoms. The monoisotopic (exact) mass is 355 g/mol. The maximum absolute atomic E-state index is 12.8. The fourth-order valence-corrected chi connectivity index (χ4v) is 3.77. The molecule has 0 bridgehead atoms. The first-order valence-electron chi connectivity index (χ1n) is 9.45. The van der Waals surface area contributed by atoms with E-state index in [1.54, 1.807) is 6.07 Å². The minimum absolute atomic E-state index is 0.0472. The highest BCUT2D eigenvalue weighted by Gasteiger charge is 2.32. The molecule has 1 aromatic carbocycles. The summed E-state index contributed by atoms with van der Waals surface area (Å²) in [7, 11) is 1.89. The van der Waals surface area contributed by atoms with Crippen molar-refractivity contribution in [2.75, 3.05) is 20.1 Å². The van der Waals surface area contributed by atoms with Gasteiger partial charge in [0.25, 0.3) is 5.91 Å². The zero-order valence-electron chi connectivity index (χ0n) is 16.2. The van der Waals surface area contributed by atoms with Crippen LogP contribution in [0.2, 0.25) is 0 Å². The number of amides is 1. The van der Waals surface area contributed by atoms with Gasteiger partial charge in [0.05, 0.1) is 0 Å². The zero-order valence-corrected chi connectivity index (χ0v) is 16.2. The summed E-state index contributed by atoms with van der Waals surface area (Å²) in [5.41, 5.74) is 1.75. The Morgan fingerprint density at radius 3 is 2.69 bits per heavy atom. The number of carbonyl (C=O) groups is 1. The summed E-state index contributed by atoms with van der Waals surface area (Å²) in [5, 5.41) is 3.97. The lowest BCUT2D eigenvalue weighted by molar-refractivity contribution is 0.0489. The van der Waals surface area contributed by atoms with E-state index in [2.05, 4.69) is 41.2 Å². The number of nitrogens with zero attached hydrogens (tertiary/aromatic N) is 3. The van der Waals surface area contributed by atoms with Gasteiger partial charge in [0.2, 0.25) is 0 Å². The number of likely N-dealkylation sites (tertiary alicyclic amines) is 1. The van der Waals surface area contributed by atoms with Crippen molar-refractivity contribution in [2.45, 2.75) is 45.7 Å². The number of benzene rings is 1. The Labute approximate surface area is 156 Å². The molecule has 0 aliphatic carbocycles. The van der Waals surface area contributed by atoms with Gasteiger partial charge in [0, 0.05) is 44.7 Å². The molecule has 1 fully saturated rings. The summed E-state index contributed by atoms with van der Waals surface area (Å²) < 4.78 is 5.29. The first-order chi connectivity index (χ1) is 12.5. The van der Waals surface area contributed by atoms with Crippen LogP contribution in [0.1, 0.15) is 54.9 Å². The van der Waals surface area contributed by atoms with E-state index in [-0.39, 0.29) is 17.9 Å². The third-order valence-electron chi connectivity index (χ3n) is 5.33. The summed E-state index contributed by atoms with van der Waals surface area (Å²) in [6, 6.07) is 12.6. The Kier molecular flexibility index (Phi) is 5.77. The number of piperidine rings is 1. The molecule has 1 aliphatic rings. The van der Waals surface area contributed by atoms with E-state index < -0.39 is 0 Å². The van der Waals surface area contributed by atoms with Crippen LogP contribution in [0.3, 0.4) is 0 Å². The molecular weight excluding hydrogens is 326 g/mol. The molecule has 0 unspecified atom stereocenters. The van der Waals surface area contributed by atoms with Gasteiger partial charge in [-0.05, 0) is 17.9 Å². The second kappa shape index (κ2) is 8.04. The standard InChI is InChI=1S/C21H29N3O2/c1-15(2)20-12-18(22-26-20)21(25)23(4)19-10-11-24(13-16(19)3)14-17-8-6-5-7-9-17/h5-9,12,15-16,19H,10-11,13-14H2,1-4H3/t16-,19+/m0/s1. The molecule has 3 rings (SSSR count). The Morgan fingerprint density at radius 2 is 2.08 bits per heavy atom. The van der Waals surface area contributed by atoms with Crippen molar-refractivity contribution in [1.29, 1.82) is 0 Å². The van der Waals surface area contributed by atoms with Gasteiger partial charge in [-0.2, -0.15) is 0 Å². The maximum atomic E-state index is 12.8. The zero-order chi connectivity index (χ0) is 18.7. The van der Waals surface area contributed by atoms with Crippen molar-refractivity contribution >= 4 is 5.91 Å². The van der Waals surface area contributed by atoms with Gasteiger partial charge >= 0.3 is 0 Å². The molecule has 1 aliphatic heterocycles. The minimum Gasteiger partial charge on any atom is -0.360 e. The SMILES string of the molecule is CC(C)c1cc(C(=O)N(C)[C@@H]2CCN(Cc3ccccc3)C[C@@H]2C)no1. The molecule has 5 nitrogen and oxygen atoms in total. The van der Waals surface area contributed by atoms with Crippen molar-refractivity contribution in [3.8, 4) is 0 Å². The maximum Gasteiger partial charge on any atom is 0.276 e. The molecule has 2 aromatic rings. The Balaban J connectivity index is 1.60.